The number of carbonyl (C=O) groups is 1. The van der Waals surface area contributed by atoms with Crippen molar-refractivity contribution in [3.63, 3.8) is 0 Å². The molecule has 0 aromatic heterocycles. The van der Waals surface area contributed by atoms with Crippen molar-refractivity contribution in [2.45, 2.75) is 37.9 Å². The predicted molar refractivity (Wildman–Crippen MR) is 92.5 cm³/mol. The SMILES string of the molecule is O=C(CNCC1CCCO1)N1CCC(C(O)c2ccccc2)CC1. The summed E-state index contributed by atoms with van der Waals surface area (Å²) in [6.45, 7) is 3.45. The fourth-order valence-electron chi connectivity index (χ4n) is 3.64. The largest absolute Gasteiger partial charge is 0.388 e. The number of hydrogen-bond donors (Lipinski definition) is 2. The number of nitrogens with one attached hydrogen (secondary N) is 1. The number of aliphatic hydroxyl groups excluding tert-OH is 1. The first kappa shape index (κ1) is 17.4. The molecule has 0 spiro atoms. The van der Waals surface area contributed by atoms with Gasteiger partial charge >= 0.3 is 0 Å². The number of nitrogens with zero attached hydrogens (tertiary/aromatic N) is 1. The van der Waals surface area contributed by atoms with Crippen LogP contribution in [-0.4, -0.2) is 54.8 Å². The minimum absolute atomic E-state index is 0.153. The highest BCUT2D eigenvalue weighted by atomic mass is 16.5. The van der Waals surface area contributed by atoms with Crippen LogP contribution in [0.5, 0.6) is 0 Å². The third kappa shape index (κ3) is 4.56. The van der Waals surface area contributed by atoms with E-state index in [1.54, 1.807) is 0 Å². The molecule has 2 N–H and O–H groups in total. The van der Waals surface area contributed by atoms with E-state index in [-0.39, 0.29) is 17.9 Å². The first-order valence-corrected chi connectivity index (χ1v) is 9.07. The summed E-state index contributed by atoms with van der Waals surface area (Å²) >= 11 is 0. The molecule has 0 bridgehead atoms. The Balaban J connectivity index is 1.38. The zero-order chi connectivity index (χ0) is 16.8. The second-order valence-corrected chi connectivity index (χ2v) is 6.84. The number of piperidine rings is 1. The lowest BCUT2D eigenvalue weighted by Gasteiger charge is -2.34. The molecule has 1 aromatic rings. The van der Waals surface area contributed by atoms with Crippen molar-refractivity contribution in [1.82, 2.24) is 10.2 Å². The number of carbonyl (C=O) groups excluding carboxylic acids is 1. The van der Waals surface area contributed by atoms with Gasteiger partial charge in [-0.1, -0.05) is 30.3 Å². The van der Waals surface area contributed by atoms with E-state index in [1.165, 1.54) is 0 Å². The van der Waals surface area contributed by atoms with Crippen molar-refractivity contribution in [2.24, 2.45) is 5.92 Å². The molecule has 1 aromatic carbocycles. The Kier molecular flexibility index (Phi) is 6.24. The molecule has 24 heavy (non-hydrogen) atoms. The zero-order valence-electron chi connectivity index (χ0n) is 14.2. The third-order valence-corrected chi connectivity index (χ3v) is 5.15. The molecular formula is C19H28N2O3. The van der Waals surface area contributed by atoms with Gasteiger partial charge in [0.05, 0.1) is 18.8 Å². The van der Waals surface area contributed by atoms with Gasteiger partial charge in [0.1, 0.15) is 0 Å². The van der Waals surface area contributed by atoms with Crippen LogP contribution in [0.1, 0.15) is 37.4 Å². The molecule has 2 heterocycles. The maximum atomic E-state index is 12.3. The highest BCUT2D eigenvalue weighted by Gasteiger charge is 2.28. The highest BCUT2D eigenvalue weighted by molar-refractivity contribution is 5.78. The molecule has 2 aliphatic heterocycles. The van der Waals surface area contributed by atoms with Crippen molar-refractivity contribution < 1.29 is 14.6 Å². The minimum Gasteiger partial charge on any atom is -0.388 e. The fraction of sp³-hybridized carbons (Fsp3) is 0.632. The third-order valence-electron chi connectivity index (χ3n) is 5.15. The van der Waals surface area contributed by atoms with Crippen molar-refractivity contribution >= 4 is 5.91 Å². The highest BCUT2D eigenvalue weighted by Crippen LogP contribution is 2.30. The summed E-state index contributed by atoms with van der Waals surface area (Å²) in [4.78, 5) is 14.2. The predicted octanol–water partition coefficient (Wildman–Crippen LogP) is 1.73. The minimum atomic E-state index is -0.430. The molecule has 2 aliphatic rings. The number of aliphatic hydroxyl groups is 1. The van der Waals surface area contributed by atoms with Gasteiger partial charge in [0.15, 0.2) is 0 Å². The molecule has 132 valence electrons. The summed E-state index contributed by atoms with van der Waals surface area (Å²) in [7, 11) is 0. The second-order valence-electron chi connectivity index (χ2n) is 6.84. The summed E-state index contributed by atoms with van der Waals surface area (Å²) in [6.07, 6.45) is 3.76. The lowest BCUT2D eigenvalue weighted by molar-refractivity contribution is -0.132. The Morgan fingerprint density at radius 2 is 2.00 bits per heavy atom. The number of benzene rings is 1. The van der Waals surface area contributed by atoms with Crippen molar-refractivity contribution in [3.05, 3.63) is 35.9 Å². The van der Waals surface area contributed by atoms with Crippen LogP contribution in [0.2, 0.25) is 0 Å². The van der Waals surface area contributed by atoms with E-state index in [2.05, 4.69) is 5.32 Å². The lowest BCUT2D eigenvalue weighted by atomic mass is 9.87. The first-order valence-electron chi connectivity index (χ1n) is 9.07. The van der Waals surface area contributed by atoms with E-state index in [0.29, 0.717) is 6.54 Å². The standard InChI is InChI=1S/C19H28N2O3/c22-18(14-20-13-17-7-4-12-24-17)21-10-8-16(9-11-21)19(23)15-5-2-1-3-6-15/h1-3,5-6,16-17,19-20,23H,4,7-14H2. The van der Waals surface area contributed by atoms with Crippen LogP contribution in [0.4, 0.5) is 0 Å². The Hall–Kier alpha value is -1.43. The van der Waals surface area contributed by atoms with E-state index < -0.39 is 6.10 Å². The normalized spacial score (nSPS) is 23.4. The number of hydrogen-bond acceptors (Lipinski definition) is 4. The Morgan fingerprint density at radius 3 is 2.67 bits per heavy atom. The average Bonchev–Trinajstić information content (AvgIpc) is 3.15. The smallest absolute Gasteiger partial charge is 0.236 e. The number of amides is 1. The van der Waals surface area contributed by atoms with Gasteiger partial charge < -0.3 is 20.1 Å². The molecule has 3 rings (SSSR count). The van der Waals surface area contributed by atoms with Crippen molar-refractivity contribution in [3.8, 4) is 0 Å². The number of rotatable bonds is 6. The topological polar surface area (TPSA) is 61.8 Å². The molecule has 2 atom stereocenters. The van der Waals surface area contributed by atoms with Gasteiger partial charge in [-0.05, 0) is 37.2 Å². The van der Waals surface area contributed by atoms with Gasteiger partial charge in [-0.2, -0.15) is 0 Å². The van der Waals surface area contributed by atoms with Gasteiger partial charge in [-0.25, -0.2) is 0 Å². The van der Waals surface area contributed by atoms with Crippen molar-refractivity contribution in [2.75, 3.05) is 32.8 Å². The Labute approximate surface area is 144 Å². The summed E-state index contributed by atoms with van der Waals surface area (Å²) in [6, 6.07) is 9.81. The fourth-order valence-corrected chi connectivity index (χ4v) is 3.64. The van der Waals surface area contributed by atoms with E-state index in [0.717, 1.165) is 57.5 Å². The molecule has 0 saturated carbocycles. The molecule has 0 radical (unpaired) electrons. The van der Waals surface area contributed by atoms with Crippen LogP contribution in [0, 0.1) is 5.92 Å². The molecule has 2 fully saturated rings. The molecule has 2 unspecified atom stereocenters. The van der Waals surface area contributed by atoms with Crippen LogP contribution in [0.25, 0.3) is 0 Å². The van der Waals surface area contributed by atoms with Gasteiger partial charge in [0, 0.05) is 26.2 Å². The maximum absolute atomic E-state index is 12.3. The molecule has 0 aliphatic carbocycles. The monoisotopic (exact) mass is 332 g/mol. The van der Waals surface area contributed by atoms with E-state index in [1.807, 2.05) is 35.2 Å². The molecular weight excluding hydrogens is 304 g/mol. The molecule has 2 saturated heterocycles. The van der Waals surface area contributed by atoms with E-state index in [4.69, 9.17) is 4.74 Å². The number of likely N-dealkylation sites (tertiary alicyclic amines) is 1. The van der Waals surface area contributed by atoms with Gasteiger partial charge in [-0.15, -0.1) is 0 Å². The Bertz CT molecular complexity index is 509. The van der Waals surface area contributed by atoms with E-state index >= 15 is 0 Å². The zero-order valence-corrected chi connectivity index (χ0v) is 14.2. The summed E-state index contributed by atoms with van der Waals surface area (Å²) in [5, 5.41) is 13.7. The molecule has 5 nitrogen and oxygen atoms in total. The lowest BCUT2D eigenvalue weighted by Crippen LogP contribution is -2.44. The van der Waals surface area contributed by atoms with Crippen LogP contribution in [0.15, 0.2) is 30.3 Å². The molecule has 5 heteroatoms. The van der Waals surface area contributed by atoms with Crippen LogP contribution >= 0.6 is 0 Å². The maximum Gasteiger partial charge on any atom is 0.236 e. The molecule has 1 amide bonds. The van der Waals surface area contributed by atoms with E-state index in [9.17, 15) is 9.90 Å². The first-order chi connectivity index (χ1) is 11.7. The summed E-state index contributed by atoms with van der Waals surface area (Å²) in [5.41, 5.74) is 0.973. The Morgan fingerprint density at radius 1 is 1.25 bits per heavy atom. The average molecular weight is 332 g/mol. The van der Waals surface area contributed by atoms with Gasteiger partial charge in [-0.3, -0.25) is 4.79 Å². The second kappa shape index (κ2) is 8.60. The number of ether oxygens (including phenoxy) is 1. The summed E-state index contributed by atoms with van der Waals surface area (Å²) < 4.78 is 5.55. The van der Waals surface area contributed by atoms with Gasteiger partial charge in [0.25, 0.3) is 0 Å². The van der Waals surface area contributed by atoms with Crippen LogP contribution < -0.4 is 5.32 Å². The van der Waals surface area contributed by atoms with Crippen LogP contribution in [-0.2, 0) is 9.53 Å². The van der Waals surface area contributed by atoms with Gasteiger partial charge in [0.2, 0.25) is 5.91 Å². The van der Waals surface area contributed by atoms with Crippen molar-refractivity contribution in [1.29, 1.82) is 0 Å². The summed E-state index contributed by atoms with van der Waals surface area (Å²) in [5.74, 6) is 0.386. The quantitative estimate of drug-likeness (QED) is 0.833. The van der Waals surface area contributed by atoms with Crippen LogP contribution in [0.3, 0.4) is 0 Å².